The zero-order valence-electron chi connectivity index (χ0n) is 11.1. The van der Waals surface area contributed by atoms with Crippen molar-refractivity contribution >= 4 is 17.5 Å². The fraction of sp³-hybridized carbons (Fsp3) is 0.500. The largest absolute Gasteiger partial charge is 0.389 e. The van der Waals surface area contributed by atoms with Crippen molar-refractivity contribution in [2.24, 2.45) is 0 Å². The molecule has 1 rings (SSSR count). The van der Waals surface area contributed by atoms with Crippen LogP contribution in [0.3, 0.4) is 0 Å². The van der Waals surface area contributed by atoms with Crippen molar-refractivity contribution in [2.45, 2.75) is 31.7 Å². The fourth-order valence-electron chi connectivity index (χ4n) is 1.74. The number of likely N-dealkylation sites (N-methyl/N-ethyl adjacent to an activating group) is 1. The average Bonchev–Trinajstić information content (AvgIpc) is 2.34. The monoisotopic (exact) mass is 269 g/mol. The van der Waals surface area contributed by atoms with Crippen molar-refractivity contribution in [3.05, 3.63) is 35.9 Å². The van der Waals surface area contributed by atoms with Crippen molar-refractivity contribution in [2.75, 3.05) is 13.1 Å². The normalized spacial score (nSPS) is 13.2. The molecule has 1 amide bonds. The van der Waals surface area contributed by atoms with E-state index in [1.807, 2.05) is 37.3 Å². The molecular formula is C14H20ClNO2. The molecule has 0 aliphatic rings. The highest BCUT2D eigenvalue weighted by Gasteiger charge is 2.26. The third kappa shape index (κ3) is 4.31. The van der Waals surface area contributed by atoms with E-state index in [9.17, 15) is 9.90 Å². The lowest BCUT2D eigenvalue weighted by Crippen LogP contribution is -2.43. The third-order valence-corrected chi connectivity index (χ3v) is 3.02. The number of benzene rings is 1. The van der Waals surface area contributed by atoms with Crippen LogP contribution in [0.5, 0.6) is 0 Å². The van der Waals surface area contributed by atoms with Gasteiger partial charge in [0.05, 0.1) is 5.60 Å². The molecule has 100 valence electrons. The summed E-state index contributed by atoms with van der Waals surface area (Å²) in [6.07, 6.45) is 0. The maximum Gasteiger partial charge on any atom is 0.245 e. The molecule has 0 spiro atoms. The molecule has 0 aromatic heterocycles. The van der Waals surface area contributed by atoms with Gasteiger partial charge in [-0.1, -0.05) is 30.3 Å². The predicted molar refractivity (Wildman–Crippen MR) is 73.6 cm³/mol. The van der Waals surface area contributed by atoms with E-state index < -0.39 is 11.0 Å². The van der Waals surface area contributed by atoms with Gasteiger partial charge in [-0.15, -0.1) is 11.6 Å². The zero-order valence-corrected chi connectivity index (χ0v) is 11.8. The number of nitrogens with zero attached hydrogens (tertiary/aromatic N) is 1. The molecular weight excluding hydrogens is 250 g/mol. The van der Waals surface area contributed by atoms with Gasteiger partial charge in [0.1, 0.15) is 5.38 Å². The van der Waals surface area contributed by atoms with Gasteiger partial charge >= 0.3 is 0 Å². The Labute approximate surface area is 113 Å². The van der Waals surface area contributed by atoms with Gasteiger partial charge in [0, 0.05) is 13.1 Å². The van der Waals surface area contributed by atoms with E-state index in [0.717, 1.165) is 5.56 Å². The third-order valence-electron chi connectivity index (χ3n) is 2.58. The van der Waals surface area contributed by atoms with Crippen LogP contribution in [0, 0.1) is 0 Å². The van der Waals surface area contributed by atoms with E-state index >= 15 is 0 Å². The second kappa shape index (κ2) is 6.21. The smallest absolute Gasteiger partial charge is 0.245 e. The quantitative estimate of drug-likeness (QED) is 0.835. The van der Waals surface area contributed by atoms with Crippen LogP contribution in [0.1, 0.15) is 31.7 Å². The minimum atomic E-state index is -0.918. The maximum atomic E-state index is 12.2. The molecule has 1 aromatic rings. The number of hydrogen-bond acceptors (Lipinski definition) is 2. The number of alkyl halides is 1. The Bertz CT molecular complexity index is 387. The molecule has 0 radical (unpaired) electrons. The summed E-state index contributed by atoms with van der Waals surface area (Å²) in [6.45, 7) is 6.03. The minimum absolute atomic E-state index is 0.174. The second-order valence-corrected chi connectivity index (χ2v) is 5.37. The lowest BCUT2D eigenvalue weighted by atomic mass is 10.1. The number of amides is 1. The van der Waals surface area contributed by atoms with Gasteiger partial charge in [0.15, 0.2) is 0 Å². The van der Waals surface area contributed by atoms with Crippen LogP contribution in [-0.4, -0.2) is 34.6 Å². The lowest BCUT2D eigenvalue weighted by Gasteiger charge is -2.29. The van der Waals surface area contributed by atoms with Crippen LogP contribution >= 0.6 is 11.6 Å². The number of carbonyl (C=O) groups is 1. The Kier molecular flexibility index (Phi) is 5.17. The number of rotatable bonds is 5. The van der Waals surface area contributed by atoms with E-state index in [1.165, 1.54) is 0 Å². The molecule has 1 atom stereocenters. The zero-order chi connectivity index (χ0) is 13.8. The summed E-state index contributed by atoms with van der Waals surface area (Å²) in [5.74, 6) is -0.174. The first-order valence-electron chi connectivity index (χ1n) is 6.05. The molecule has 0 aliphatic heterocycles. The summed E-state index contributed by atoms with van der Waals surface area (Å²) in [6, 6.07) is 9.24. The molecule has 1 aromatic carbocycles. The molecule has 0 saturated heterocycles. The predicted octanol–water partition coefficient (Wildman–Crippen LogP) is 2.59. The molecule has 1 unspecified atom stereocenters. The van der Waals surface area contributed by atoms with Gasteiger partial charge < -0.3 is 10.0 Å². The van der Waals surface area contributed by atoms with Gasteiger partial charge in [0.25, 0.3) is 0 Å². The Morgan fingerprint density at radius 3 is 2.39 bits per heavy atom. The van der Waals surface area contributed by atoms with Gasteiger partial charge in [0.2, 0.25) is 5.91 Å². The van der Waals surface area contributed by atoms with Crippen molar-refractivity contribution < 1.29 is 9.90 Å². The average molecular weight is 270 g/mol. The molecule has 1 N–H and O–H groups in total. The summed E-state index contributed by atoms with van der Waals surface area (Å²) < 4.78 is 0. The van der Waals surface area contributed by atoms with Gasteiger partial charge in [-0.3, -0.25) is 4.79 Å². The van der Waals surface area contributed by atoms with E-state index in [4.69, 9.17) is 11.6 Å². The number of hydrogen-bond donors (Lipinski definition) is 1. The highest BCUT2D eigenvalue weighted by atomic mass is 35.5. The fourth-order valence-corrected chi connectivity index (χ4v) is 2.02. The van der Waals surface area contributed by atoms with E-state index in [0.29, 0.717) is 6.54 Å². The Balaban J connectivity index is 2.79. The van der Waals surface area contributed by atoms with E-state index in [1.54, 1.807) is 18.7 Å². The van der Waals surface area contributed by atoms with Crippen molar-refractivity contribution in [3.63, 3.8) is 0 Å². The maximum absolute atomic E-state index is 12.2. The minimum Gasteiger partial charge on any atom is -0.389 e. The van der Waals surface area contributed by atoms with Crippen LogP contribution in [0.4, 0.5) is 0 Å². The van der Waals surface area contributed by atoms with Gasteiger partial charge in [-0.05, 0) is 26.3 Å². The highest BCUT2D eigenvalue weighted by molar-refractivity contribution is 6.30. The molecule has 18 heavy (non-hydrogen) atoms. The highest BCUT2D eigenvalue weighted by Crippen LogP contribution is 2.23. The Morgan fingerprint density at radius 1 is 1.39 bits per heavy atom. The van der Waals surface area contributed by atoms with E-state index in [-0.39, 0.29) is 12.5 Å². The first-order chi connectivity index (χ1) is 8.35. The summed E-state index contributed by atoms with van der Waals surface area (Å²) in [4.78, 5) is 13.8. The molecule has 0 heterocycles. The molecule has 0 saturated carbocycles. The van der Waals surface area contributed by atoms with Crippen molar-refractivity contribution in [1.82, 2.24) is 4.90 Å². The van der Waals surface area contributed by atoms with Crippen LogP contribution in [0.15, 0.2) is 30.3 Å². The summed E-state index contributed by atoms with van der Waals surface area (Å²) in [5.41, 5.74) is -0.141. The molecule has 0 fully saturated rings. The molecule has 3 nitrogen and oxygen atoms in total. The van der Waals surface area contributed by atoms with Crippen molar-refractivity contribution in [3.8, 4) is 0 Å². The van der Waals surface area contributed by atoms with Crippen LogP contribution in [0.25, 0.3) is 0 Å². The summed E-state index contributed by atoms with van der Waals surface area (Å²) in [7, 11) is 0. The standard InChI is InChI=1S/C14H20ClNO2/c1-4-16(10-14(2,3)18)13(17)12(15)11-8-6-5-7-9-11/h5-9,12,18H,4,10H2,1-3H3. The second-order valence-electron chi connectivity index (χ2n) is 4.94. The van der Waals surface area contributed by atoms with E-state index in [2.05, 4.69) is 0 Å². The number of aliphatic hydroxyl groups is 1. The molecule has 0 bridgehead atoms. The Morgan fingerprint density at radius 2 is 1.94 bits per heavy atom. The summed E-state index contributed by atoms with van der Waals surface area (Å²) >= 11 is 6.19. The van der Waals surface area contributed by atoms with Gasteiger partial charge in [-0.25, -0.2) is 0 Å². The number of halogens is 1. The van der Waals surface area contributed by atoms with Crippen molar-refractivity contribution in [1.29, 1.82) is 0 Å². The Hall–Kier alpha value is -1.06. The first-order valence-corrected chi connectivity index (χ1v) is 6.49. The molecule has 0 aliphatic carbocycles. The molecule has 4 heteroatoms. The topological polar surface area (TPSA) is 40.5 Å². The SMILES string of the molecule is CCN(CC(C)(C)O)C(=O)C(Cl)c1ccccc1. The van der Waals surface area contributed by atoms with Gasteiger partial charge in [-0.2, -0.15) is 0 Å². The van der Waals surface area contributed by atoms with Crippen LogP contribution in [0.2, 0.25) is 0 Å². The first kappa shape index (κ1) is 15.0. The summed E-state index contributed by atoms with van der Waals surface area (Å²) in [5, 5.41) is 9.08. The number of carbonyl (C=O) groups excluding carboxylic acids is 1. The van der Waals surface area contributed by atoms with Crippen LogP contribution in [-0.2, 0) is 4.79 Å². The van der Waals surface area contributed by atoms with Crippen LogP contribution < -0.4 is 0 Å². The lowest BCUT2D eigenvalue weighted by molar-refractivity contribution is -0.133.